The first-order valence-electron chi connectivity index (χ1n) is 9.75. The topological polar surface area (TPSA) is 87.6 Å². The van der Waals surface area contributed by atoms with Crippen molar-refractivity contribution >= 4 is 5.91 Å². The Kier molecular flexibility index (Phi) is 5.27. The van der Waals surface area contributed by atoms with Gasteiger partial charge in [-0.05, 0) is 50.9 Å². The lowest BCUT2D eigenvalue weighted by Gasteiger charge is -2.31. The number of aliphatic hydroxyl groups is 1. The van der Waals surface area contributed by atoms with Gasteiger partial charge in [0.15, 0.2) is 5.76 Å². The van der Waals surface area contributed by atoms with Gasteiger partial charge in [-0.25, -0.2) is 0 Å². The number of aromatic nitrogens is 3. The van der Waals surface area contributed by atoms with Crippen LogP contribution < -0.4 is 0 Å². The zero-order valence-corrected chi connectivity index (χ0v) is 15.8. The van der Waals surface area contributed by atoms with E-state index in [4.69, 9.17) is 9.52 Å². The zero-order valence-electron chi connectivity index (χ0n) is 15.8. The van der Waals surface area contributed by atoms with Crippen LogP contribution in [0.4, 0.5) is 0 Å². The van der Waals surface area contributed by atoms with Crippen molar-refractivity contribution in [2.24, 2.45) is 7.05 Å². The number of carbonyl (C=O) groups is 1. The first-order chi connectivity index (χ1) is 13.2. The number of hydrogen-bond acceptors (Lipinski definition) is 6. The molecule has 146 valence electrons. The van der Waals surface area contributed by atoms with Gasteiger partial charge in [0.05, 0.1) is 6.54 Å². The molecule has 0 unspecified atom stereocenters. The molecule has 2 saturated heterocycles. The van der Waals surface area contributed by atoms with Crippen LogP contribution in [0.3, 0.4) is 0 Å². The van der Waals surface area contributed by atoms with Crippen LogP contribution in [0, 0.1) is 0 Å². The fraction of sp³-hybridized carbons (Fsp3) is 0.632. The van der Waals surface area contributed by atoms with Crippen LogP contribution >= 0.6 is 0 Å². The largest absolute Gasteiger partial charge is 0.453 e. The molecule has 4 rings (SSSR count). The van der Waals surface area contributed by atoms with Crippen molar-refractivity contribution in [1.29, 1.82) is 0 Å². The summed E-state index contributed by atoms with van der Waals surface area (Å²) < 4.78 is 7.51. The van der Waals surface area contributed by atoms with Gasteiger partial charge in [0, 0.05) is 26.1 Å². The number of furan rings is 1. The van der Waals surface area contributed by atoms with Gasteiger partial charge in [-0.1, -0.05) is 0 Å². The SMILES string of the molecule is Cn1c(CN2CCCC2)nnc1C1CCN(C(=O)c2ccc(CO)o2)CC1. The van der Waals surface area contributed by atoms with Crippen molar-refractivity contribution in [1.82, 2.24) is 24.6 Å². The van der Waals surface area contributed by atoms with Gasteiger partial charge in [0.2, 0.25) is 0 Å². The molecular weight excluding hydrogens is 346 g/mol. The Morgan fingerprint density at radius 1 is 1.19 bits per heavy atom. The molecule has 8 heteroatoms. The maximum absolute atomic E-state index is 12.5. The fourth-order valence-corrected chi connectivity index (χ4v) is 4.08. The Morgan fingerprint density at radius 3 is 2.59 bits per heavy atom. The standard InChI is InChI=1S/C19H27N5O3/c1-22-17(12-23-8-2-3-9-23)20-21-18(22)14-6-10-24(11-7-14)19(26)16-5-4-15(13-25)27-16/h4-5,14,25H,2-3,6-13H2,1H3. The van der Waals surface area contributed by atoms with Gasteiger partial charge >= 0.3 is 0 Å². The first-order valence-corrected chi connectivity index (χ1v) is 9.75. The molecular formula is C19H27N5O3. The number of nitrogens with zero attached hydrogens (tertiary/aromatic N) is 5. The van der Waals surface area contributed by atoms with Gasteiger partial charge in [-0.3, -0.25) is 9.69 Å². The third-order valence-electron chi connectivity index (χ3n) is 5.74. The molecule has 0 spiro atoms. The molecule has 2 fully saturated rings. The average molecular weight is 373 g/mol. The van der Waals surface area contributed by atoms with Crippen molar-refractivity contribution in [2.75, 3.05) is 26.2 Å². The minimum absolute atomic E-state index is 0.110. The summed E-state index contributed by atoms with van der Waals surface area (Å²) in [6, 6.07) is 3.27. The van der Waals surface area contributed by atoms with Crippen LogP contribution in [0.2, 0.25) is 0 Å². The van der Waals surface area contributed by atoms with Crippen LogP contribution in [0.15, 0.2) is 16.5 Å². The molecule has 2 aromatic rings. The molecule has 0 saturated carbocycles. The van der Waals surface area contributed by atoms with Crippen LogP contribution in [-0.2, 0) is 20.2 Å². The maximum Gasteiger partial charge on any atom is 0.289 e. The predicted octanol–water partition coefficient (Wildman–Crippen LogP) is 1.52. The minimum atomic E-state index is -0.193. The second-order valence-corrected chi connectivity index (χ2v) is 7.51. The van der Waals surface area contributed by atoms with Crippen molar-refractivity contribution in [2.45, 2.75) is 44.8 Å². The molecule has 0 radical (unpaired) electrons. The van der Waals surface area contributed by atoms with Gasteiger partial charge in [0.25, 0.3) is 5.91 Å². The molecule has 1 N–H and O–H groups in total. The van der Waals surface area contributed by atoms with Crippen molar-refractivity contribution in [3.05, 3.63) is 35.3 Å². The highest BCUT2D eigenvalue weighted by molar-refractivity contribution is 5.91. The molecule has 0 aromatic carbocycles. The number of rotatable bonds is 5. The Bertz CT molecular complexity index is 785. The van der Waals surface area contributed by atoms with Crippen LogP contribution in [0.5, 0.6) is 0 Å². The van der Waals surface area contributed by atoms with E-state index in [9.17, 15) is 4.79 Å². The van der Waals surface area contributed by atoms with E-state index in [1.807, 2.05) is 4.90 Å². The molecule has 27 heavy (non-hydrogen) atoms. The molecule has 0 aliphatic carbocycles. The second kappa shape index (κ2) is 7.82. The number of piperidine rings is 1. The Hall–Kier alpha value is -2.19. The first kappa shape index (κ1) is 18.2. The smallest absolute Gasteiger partial charge is 0.289 e. The second-order valence-electron chi connectivity index (χ2n) is 7.51. The number of aliphatic hydroxyl groups excluding tert-OH is 1. The maximum atomic E-state index is 12.5. The lowest BCUT2D eigenvalue weighted by molar-refractivity contribution is 0.0673. The summed E-state index contributed by atoms with van der Waals surface area (Å²) in [5.41, 5.74) is 0. The van der Waals surface area contributed by atoms with Crippen LogP contribution in [0.25, 0.3) is 0 Å². The quantitative estimate of drug-likeness (QED) is 0.855. The molecule has 0 bridgehead atoms. The van der Waals surface area contributed by atoms with E-state index in [0.29, 0.717) is 30.5 Å². The highest BCUT2D eigenvalue weighted by Crippen LogP contribution is 2.28. The van der Waals surface area contributed by atoms with E-state index in [1.165, 1.54) is 12.8 Å². The van der Waals surface area contributed by atoms with Crippen LogP contribution in [0.1, 0.15) is 59.6 Å². The van der Waals surface area contributed by atoms with E-state index >= 15 is 0 Å². The van der Waals surface area contributed by atoms with E-state index in [-0.39, 0.29) is 12.5 Å². The molecule has 0 atom stereocenters. The third-order valence-corrected chi connectivity index (χ3v) is 5.74. The fourth-order valence-electron chi connectivity index (χ4n) is 4.08. The summed E-state index contributed by atoms with van der Waals surface area (Å²) >= 11 is 0. The molecule has 4 heterocycles. The third kappa shape index (κ3) is 3.77. The predicted molar refractivity (Wildman–Crippen MR) is 98.0 cm³/mol. The number of likely N-dealkylation sites (tertiary alicyclic amines) is 2. The van der Waals surface area contributed by atoms with E-state index in [0.717, 1.165) is 44.1 Å². The Labute approximate surface area is 158 Å². The summed E-state index contributed by atoms with van der Waals surface area (Å²) in [5.74, 6) is 2.97. The average Bonchev–Trinajstić information content (AvgIpc) is 3.44. The van der Waals surface area contributed by atoms with Crippen LogP contribution in [-0.4, -0.2) is 61.8 Å². The molecule has 2 aliphatic rings. The summed E-state index contributed by atoms with van der Waals surface area (Å²) in [7, 11) is 2.05. The van der Waals surface area contributed by atoms with E-state index < -0.39 is 0 Å². The van der Waals surface area contributed by atoms with Crippen molar-refractivity contribution in [3.8, 4) is 0 Å². The van der Waals surface area contributed by atoms with Gasteiger partial charge in [-0.15, -0.1) is 10.2 Å². The summed E-state index contributed by atoms with van der Waals surface area (Å²) in [4.78, 5) is 16.8. The lowest BCUT2D eigenvalue weighted by atomic mass is 9.95. The van der Waals surface area contributed by atoms with E-state index in [1.54, 1.807) is 12.1 Å². The van der Waals surface area contributed by atoms with Crippen molar-refractivity contribution < 1.29 is 14.3 Å². The highest BCUT2D eigenvalue weighted by atomic mass is 16.4. The summed E-state index contributed by atoms with van der Waals surface area (Å²) in [6.45, 7) is 4.31. The van der Waals surface area contributed by atoms with Gasteiger partial charge < -0.3 is 19.0 Å². The van der Waals surface area contributed by atoms with Gasteiger partial charge in [0.1, 0.15) is 24.0 Å². The number of amides is 1. The molecule has 2 aromatic heterocycles. The normalized spacial score (nSPS) is 19.1. The number of carbonyl (C=O) groups excluding carboxylic acids is 1. The lowest BCUT2D eigenvalue weighted by Crippen LogP contribution is -2.38. The molecule has 2 aliphatic heterocycles. The Balaban J connectivity index is 1.36. The Morgan fingerprint density at radius 2 is 1.93 bits per heavy atom. The summed E-state index contributed by atoms with van der Waals surface area (Å²) in [5, 5.41) is 18.0. The number of hydrogen-bond donors (Lipinski definition) is 1. The molecule has 8 nitrogen and oxygen atoms in total. The minimum Gasteiger partial charge on any atom is -0.453 e. The summed E-state index contributed by atoms with van der Waals surface area (Å²) in [6.07, 6.45) is 4.28. The van der Waals surface area contributed by atoms with Crippen molar-refractivity contribution in [3.63, 3.8) is 0 Å². The monoisotopic (exact) mass is 373 g/mol. The highest BCUT2D eigenvalue weighted by Gasteiger charge is 2.29. The van der Waals surface area contributed by atoms with E-state index in [2.05, 4.69) is 26.7 Å². The van der Waals surface area contributed by atoms with Gasteiger partial charge in [-0.2, -0.15) is 0 Å². The molecule has 1 amide bonds. The zero-order chi connectivity index (χ0) is 18.8.